The van der Waals surface area contributed by atoms with Gasteiger partial charge in [-0.2, -0.15) is 0 Å². The van der Waals surface area contributed by atoms with Crippen molar-refractivity contribution in [2.75, 3.05) is 18.4 Å². The van der Waals surface area contributed by atoms with Crippen LogP contribution in [0.2, 0.25) is 0 Å². The van der Waals surface area contributed by atoms with Crippen molar-refractivity contribution in [2.24, 2.45) is 0 Å². The molecule has 0 aromatic heterocycles. The first-order valence-corrected chi connectivity index (χ1v) is 11.8. The lowest BCUT2D eigenvalue weighted by atomic mass is 9.90. The Morgan fingerprint density at radius 1 is 1.16 bits per heavy atom. The van der Waals surface area contributed by atoms with Gasteiger partial charge in [0.25, 0.3) is 0 Å². The van der Waals surface area contributed by atoms with Gasteiger partial charge in [0.15, 0.2) is 0 Å². The summed E-state index contributed by atoms with van der Waals surface area (Å²) in [4.78, 5) is 26.6. The van der Waals surface area contributed by atoms with Gasteiger partial charge in [0.05, 0.1) is 18.2 Å². The Balaban J connectivity index is 1.66. The largest absolute Gasteiger partial charge is 0.335 e. The van der Waals surface area contributed by atoms with Gasteiger partial charge in [0.2, 0.25) is 21.8 Å². The lowest BCUT2D eigenvalue weighted by Gasteiger charge is -2.36. The number of carbonyl (C=O) groups is 2. The van der Waals surface area contributed by atoms with Crippen molar-refractivity contribution in [3.8, 4) is 0 Å². The molecule has 164 valence electrons. The van der Waals surface area contributed by atoms with E-state index in [4.69, 9.17) is 0 Å². The van der Waals surface area contributed by atoms with Crippen LogP contribution in [0.5, 0.6) is 0 Å². The van der Waals surface area contributed by atoms with Crippen LogP contribution in [-0.2, 0) is 31.8 Å². The van der Waals surface area contributed by atoms with Gasteiger partial charge in [-0.3, -0.25) is 9.59 Å². The number of benzene rings is 2. The highest BCUT2D eigenvalue weighted by Gasteiger charge is 2.30. The number of anilines is 1. The molecule has 0 aliphatic carbocycles. The van der Waals surface area contributed by atoms with Crippen molar-refractivity contribution in [1.82, 2.24) is 9.62 Å². The summed E-state index contributed by atoms with van der Waals surface area (Å²) in [7, 11) is -3.44. The van der Waals surface area contributed by atoms with Crippen molar-refractivity contribution in [2.45, 2.75) is 31.6 Å². The summed E-state index contributed by atoms with van der Waals surface area (Å²) < 4.78 is 26.4. The number of sulfonamides is 1. The molecular weight excluding hydrogens is 414 g/mol. The summed E-state index contributed by atoms with van der Waals surface area (Å²) in [5.74, 6) is -0.412. The van der Waals surface area contributed by atoms with Gasteiger partial charge in [0, 0.05) is 25.7 Å². The molecule has 31 heavy (non-hydrogen) atoms. The van der Waals surface area contributed by atoms with Crippen LogP contribution < -0.4 is 10.0 Å². The normalized spacial score (nSPS) is 15.8. The van der Waals surface area contributed by atoms with Crippen LogP contribution in [0.25, 0.3) is 0 Å². The predicted molar refractivity (Wildman–Crippen MR) is 121 cm³/mol. The van der Waals surface area contributed by atoms with E-state index in [9.17, 15) is 18.0 Å². The fourth-order valence-corrected chi connectivity index (χ4v) is 4.88. The molecule has 0 radical (unpaired) electrons. The fraction of sp³-hybridized carbons (Fsp3) is 0.304. The number of rotatable bonds is 8. The molecule has 1 heterocycles. The van der Waals surface area contributed by atoms with E-state index in [-0.39, 0.29) is 36.6 Å². The number of amides is 2. The molecule has 2 aromatic rings. The maximum absolute atomic E-state index is 12.7. The number of fused-ring (bicyclic) bond motifs is 1. The van der Waals surface area contributed by atoms with Gasteiger partial charge in [-0.15, -0.1) is 6.58 Å². The predicted octanol–water partition coefficient (Wildman–Crippen LogP) is 2.77. The third kappa shape index (κ3) is 6.02. The summed E-state index contributed by atoms with van der Waals surface area (Å²) in [6.07, 6.45) is 2.41. The number of nitrogens with zero attached hydrogens (tertiary/aromatic N) is 1. The number of nitrogens with one attached hydrogen (secondary N) is 2. The van der Waals surface area contributed by atoms with Crippen LogP contribution in [0.15, 0.2) is 61.2 Å². The Morgan fingerprint density at radius 2 is 1.87 bits per heavy atom. The summed E-state index contributed by atoms with van der Waals surface area (Å²) >= 11 is 0. The second kappa shape index (κ2) is 9.89. The van der Waals surface area contributed by atoms with Gasteiger partial charge in [-0.05, 0) is 35.2 Å². The van der Waals surface area contributed by atoms with E-state index >= 15 is 0 Å². The Bertz CT molecular complexity index is 1060. The first-order chi connectivity index (χ1) is 14.8. The fourth-order valence-electron chi connectivity index (χ4n) is 3.78. The first kappa shape index (κ1) is 22.7. The number of hydrogen-bond acceptors (Lipinski definition) is 4. The maximum atomic E-state index is 12.7. The van der Waals surface area contributed by atoms with Crippen molar-refractivity contribution >= 4 is 27.5 Å². The van der Waals surface area contributed by atoms with Gasteiger partial charge in [-0.25, -0.2) is 13.1 Å². The molecule has 0 fully saturated rings. The highest BCUT2D eigenvalue weighted by molar-refractivity contribution is 7.88. The van der Waals surface area contributed by atoms with E-state index in [0.717, 1.165) is 17.5 Å². The molecule has 3 rings (SSSR count). The number of hydrogen-bond donors (Lipinski definition) is 2. The molecule has 2 N–H and O–H groups in total. The van der Waals surface area contributed by atoms with Crippen LogP contribution in [0.4, 0.5) is 5.69 Å². The quantitative estimate of drug-likeness (QED) is 0.616. The summed E-state index contributed by atoms with van der Waals surface area (Å²) in [6, 6.07) is 14.3. The molecule has 0 bridgehead atoms. The average Bonchev–Trinajstić information content (AvgIpc) is 2.73. The Morgan fingerprint density at radius 3 is 2.55 bits per heavy atom. The minimum absolute atomic E-state index is 0.0528. The van der Waals surface area contributed by atoms with Crippen molar-refractivity contribution in [3.05, 3.63) is 77.9 Å². The highest BCUT2D eigenvalue weighted by atomic mass is 32.2. The van der Waals surface area contributed by atoms with Crippen molar-refractivity contribution in [3.63, 3.8) is 0 Å². The van der Waals surface area contributed by atoms with Gasteiger partial charge >= 0.3 is 0 Å². The van der Waals surface area contributed by atoms with Crippen LogP contribution in [0.1, 0.15) is 36.1 Å². The molecule has 8 heteroatoms. The third-order valence-electron chi connectivity index (χ3n) is 5.24. The van der Waals surface area contributed by atoms with E-state index in [1.54, 1.807) is 29.2 Å². The van der Waals surface area contributed by atoms with E-state index in [2.05, 4.69) is 16.6 Å². The maximum Gasteiger partial charge on any atom is 0.226 e. The van der Waals surface area contributed by atoms with E-state index in [0.29, 0.717) is 17.8 Å². The van der Waals surface area contributed by atoms with E-state index < -0.39 is 10.0 Å². The molecule has 2 aromatic carbocycles. The Hall–Kier alpha value is -2.97. The first-order valence-electron chi connectivity index (χ1n) is 10.1. The SMILES string of the molecule is C=CCNS(=O)(=O)Cc1ccc(NC(=O)CC2c3ccccc3CCN2C(C)=O)cc1. The van der Waals surface area contributed by atoms with Crippen LogP contribution in [0.3, 0.4) is 0 Å². The topological polar surface area (TPSA) is 95.6 Å². The van der Waals surface area contributed by atoms with Crippen LogP contribution in [0, 0.1) is 0 Å². The Kier molecular flexibility index (Phi) is 7.25. The average molecular weight is 442 g/mol. The molecule has 2 amide bonds. The molecular formula is C23H27N3O4S. The highest BCUT2D eigenvalue weighted by Crippen LogP contribution is 2.32. The Labute approximate surface area is 183 Å². The number of carbonyl (C=O) groups excluding carboxylic acids is 2. The second-order valence-electron chi connectivity index (χ2n) is 7.52. The van der Waals surface area contributed by atoms with E-state index in [1.807, 2.05) is 24.3 Å². The molecule has 0 spiro atoms. The molecule has 7 nitrogen and oxygen atoms in total. The lowest BCUT2D eigenvalue weighted by molar-refractivity contribution is -0.132. The van der Waals surface area contributed by atoms with E-state index in [1.165, 1.54) is 13.0 Å². The lowest BCUT2D eigenvalue weighted by Crippen LogP contribution is -2.40. The zero-order chi connectivity index (χ0) is 22.4. The van der Waals surface area contributed by atoms with Gasteiger partial charge in [-0.1, -0.05) is 42.5 Å². The minimum Gasteiger partial charge on any atom is -0.335 e. The van der Waals surface area contributed by atoms with Gasteiger partial charge < -0.3 is 10.2 Å². The van der Waals surface area contributed by atoms with Crippen LogP contribution >= 0.6 is 0 Å². The molecule has 1 aliphatic rings. The summed E-state index contributed by atoms with van der Waals surface area (Å²) in [6.45, 7) is 5.78. The molecule has 0 saturated carbocycles. The molecule has 1 atom stereocenters. The monoisotopic (exact) mass is 441 g/mol. The minimum atomic E-state index is -3.44. The summed E-state index contributed by atoms with van der Waals surface area (Å²) in [5.41, 5.74) is 3.35. The zero-order valence-corrected chi connectivity index (χ0v) is 18.3. The molecule has 1 aliphatic heterocycles. The standard InChI is InChI=1S/C23H27N3O4S/c1-3-13-24-31(29,30)16-18-8-10-20(11-9-18)25-23(28)15-22-21-7-5-4-6-19(21)12-14-26(22)17(2)27/h3-11,22,24H,1,12-16H2,2H3,(H,25,28). The third-order valence-corrected chi connectivity index (χ3v) is 6.56. The second-order valence-corrected chi connectivity index (χ2v) is 9.33. The van der Waals surface area contributed by atoms with Crippen molar-refractivity contribution < 1.29 is 18.0 Å². The molecule has 1 unspecified atom stereocenters. The van der Waals surface area contributed by atoms with Crippen LogP contribution in [-0.4, -0.2) is 38.2 Å². The van der Waals surface area contributed by atoms with Crippen molar-refractivity contribution in [1.29, 1.82) is 0 Å². The summed E-state index contributed by atoms with van der Waals surface area (Å²) in [5, 5.41) is 2.85. The molecule has 0 saturated heterocycles. The smallest absolute Gasteiger partial charge is 0.226 e. The zero-order valence-electron chi connectivity index (χ0n) is 17.5. The van der Waals surface area contributed by atoms with Gasteiger partial charge in [0.1, 0.15) is 0 Å².